The van der Waals surface area contributed by atoms with Crippen molar-refractivity contribution >= 4 is 11.6 Å². The first-order valence-electron chi connectivity index (χ1n) is 11.3. The number of amides is 1. The third-order valence-electron chi connectivity index (χ3n) is 6.49. The number of H-pyrrole nitrogens is 1. The maximum Gasteiger partial charge on any atom is 0.432 e. The molecule has 4 rings (SSSR count). The van der Waals surface area contributed by atoms with Gasteiger partial charge in [0.1, 0.15) is 11.5 Å². The summed E-state index contributed by atoms with van der Waals surface area (Å²) in [4.78, 5) is 25.5. The number of benzene rings is 1. The lowest BCUT2D eigenvalue weighted by Crippen LogP contribution is -2.46. The molecule has 2 aliphatic rings. The van der Waals surface area contributed by atoms with Gasteiger partial charge in [-0.05, 0) is 37.9 Å². The summed E-state index contributed by atoms with van der Waals surface area (Å²) in [6, 6.07) is 10.4. The molecule has 0 bridgehead atoms. The van der Waals surface area contributed by atoms with E-state index in [0.717, 1.165) is 45.3 Å². The van der Waals surface area contributed by atoms with Crippen molar-refractivity contribution in [2.24, 2.45) is 0 Å². The smallest absolute Gasteiger partial charge is 0.369 e. The van der Waals surface area contributed by atoms with Gasteiger partial charge < -0.3 is 14.8 Å². The molecule has 0 atom stereocenters. The molecule has 32 heavy (non-hydrogen) atoms. The number of piperazine rings is 1. The Kier molecular flexibility index (Phi) is 7.03. The van der Waals surface area contributed by atoms with Crippen LogP contribution in [-0.4, -0.2) is 71.5 Å². The summed E-state index contributed by atoms with van der Waals surface area (Å²) in [5.41, 5.74) is 0.450. The van der Waals surface area contributed by atoms with E-state index < -0.39 is 11.9 Å². The standard InChI is InChI=1S/C23H30F3N5O/c24-23(25,26)20-17-27-22(28-20)18-8-11-31(12-9-18)21(32)7-4-10-29-13-15-30(16-14-29)19-5-2-1-3-6-19/h1-3,5-6,17-18H,4,7-16H2,(H,27,28). The highest BCUT2D eigenvalue weighted by molar-refractivity contribution is 5.76. The number of hydrogen-bond acceptors (Lipinski definition) is 4. The Morgan fingerprint density at radius 3 is 2.34 bits per heavy atom. The van der Waals surface area contributed by atoms with Crippen LogP contribution in [0, 0.1) is 0 Å². The van der Waals surface area contributed by atoms with Gasteiger partial charge in [-0.15, -0.1) is 0 Å². The number of hydrogen-bond donors (Lipinski definition) is 1. The average molecular weight is 450 g/mol. The first-order chi connectivity index (χ1) is 15.4. The number of nitrogens with zero attached hydrogens (tertiary/aromatic N) is 4. The van der Waals surface area contributed by atoms with Crippen LogP contribution in [0.15, 0.2) is 36.5 Å². The summed E-state index contributed by atoms with van der Waals surface area (Å²) in [7, 11) is 0. The molecular formula is C23H30F3N5O. The number of likely N-dealkylation sites (tertiary alicyclic amines) is 1. The molecule has 2 saturated heterocycles. The molecule has 1 aromatic heterocycles. The highest BCUT2D eigenvalue weighted by atomic mass is 19.4. The van der Waals surface area contributed by atoms with Gasteiger partial charge in [-0.1, -0.05) is 18.2 Å². The molecule has 0 saturated carbocycles. The minimum atomic E-state index is -4.41. The number of aromatic nitrogens is 2. The third kappa shape index (κ3) is 5.62. The quantitative estimate of drug-likeness (QED) is 0.730. The molecule has 0 radical (unpaired) electrons. The minimum absolute atomic E-state index is 0.0592. The van der Waals surface area contributed by atoms with Crippen molar-refractivity contribution in [1.29, 1.82) is 0 Å². The normalized spacial score (nSPS) is 18.8. The molecule has 1 aromatic carbocycles. The highest BCUT2D eigenvalue weighted by Crippen LogP contribution is 2.31. The van der Waals surface area contributed by atoms with Gasteiger partial charge in [0.05, 0.1) is 6.20 Å². The number of anilines is 1. The van der Waals surface area contributed by atoms with Crippen molar-refractivity contribution in [3.63, 3.8) is 0 Å². The molecule has 1 N–H and O–H groups in total. The number of alkyl halides is 3. The lowest BCUT2D eigenvalue weighted by atomic mass is 9.96. The maximum absolute atomic E-state index is 12.8. The summed E-state index contributed by atoms with van der Waals surface area (Å²) >= 11 is 0. The Labute approximate surface area is 186 Å². The second-order valence-corrected chi connectivity index (χ2v) is 8.60. The largest absolute Gasteiger partial charge is 0.432 e. The molecule has 3 heterocycles. The summed E-state index contributed by atoms with van der Waals surface area (Å²) in [5.74, 6) is 0.455. The van der Waals surface area contributed by atoms with E-state index in [-0.39, 0.29) is 11.8 Å². The number of nitrogens with one attached hydrogen (secondary N) is 1. The Morgan fingerprint density at radius 2 is 1.72 bits per heavy atom. The fourth-order valence-electron chi connectivity index (χ4n) is 4.57. The van der Waals surface area contributed by atoms with Gasteiger partial charge in [-0.25, -0.2) is 4.98 Å². The molecule has 2 aromatic rings. The first kappa shape index (κ1) is 22.6. The molecule has 0 aliphatic carbocycles. The molecule has 1 amide bonds. The fourth-order valence-corrected chi connectivity index (χ4v) is 4.57. The van der Waals surface area contributed by atoms with Gasteiger partial charge in [0, 0.05) is 57.3 Å². The van der Waals surface area contributed by atoms with Crippen LogP contribution >= 0.6 is 0 Å². The van der Waals surface area contributed by atoms with E-state index in [1.165, 1.54) is 5.69 Å². The van der Waals surface area contributed by atoms with Crippen molar-refractivity contribution < 1.29 is 18.0 Å². The van der Waals surface area contributed by atoms with Crippen LogP contribution in [0.1, 0.15) is 43.1 Å². The van der Waals surface area contributed by atoms with Crippen LogP contribution < -0.4 is 4.90 Å². The van der Waals surface area contributed by atoms with E-state index in [4.69, 9.17) is 0 Å². The number of halogens is 3. The van der Waals surface area contributed by atoms with E-state index in [9.17, 15) is 18.0 Å². The molecule has 2 fully saturated rings. The fraction of sp³-hybridized carbons (Fsp3) is 0.565. The van der Waals surface area contributed by atoms with Gasteiger partial charge in [0.2, 0.25) is 5.91 Å². The van der Waals surface area contributed by atoms with Crippen molar-refractivity contribution in [3.05, 3.63) is 48.0 Å². The van der Waals surface area contributed by atoms with Crippen LogP contribution in [0.4, 0.5) is 18.9 Å². The lowest BCUT2D eigenvalue weighted by Gasteiger charge is -2.36. The van der Waals surface area contributed by atoms with Gasteiger partial charge >= 0.3 is 6.18 Å². The van der Waals surface area contributed by atoms with E-state index >= 15 is 0 Å². The summed E-state index contributed by atoms with van der Waals surface area (Å²) in [6.45, 7) is 6.04. The zero-order valence-corrected chi connectivity index (χ0v) is 18.2. The first-order valence-corrected chi connectivity index (χ1v) is 11.3. The maximum atomic E-state index is 12.8. The topological polar surface area (TPSA) is 55.5 Å². The van der Waals surface area contributed by atoms with Crippen LogP contribution in [0.3, 0.4) is 0 Å². The van der Waals surface area contributed by atoms with Gasteiger partial charge in [0.15, 0.2) is 0 Å². The second-order valence-electron chi connectivity index (χ2n) is 8.60. The van der Waals surface area contributed by atoms with Gasteiger partial charge in [0.25, 0.3) is 0 Å². The molecule has 2 aliphatic heterocycles. The number of imidazole rings is 1. The van der Waals surface area contributed by atoms with Crippen LogP contribution in [0.5, 0.6) is 0 Å². The Bertz CT molecular complexity index is 869. The monoisotopic (exact) mass is 449 g/mol. The highest BCUT2D eigenvalue weighted by Gasteiger charge is 2.34. The number of piperidine rings is 1. The third-order valence-corrected chi connectivity index (χ3v) is 6.49. The molecular weight excluding hydrogens is 419 g/mol. The van der Waals surface area contributed by atoms with Crippen LogP contribution in [-0.2, 0) is 11.0 Å². The number of aromatic amines is 1. The average Bonchev–Trinajstić information content (AvgIpc) is 3.31. The van der Waals surface area contributed by atoms with Crippen molar-refractivity contribution in [2.75, 3.05) is 50.7 Å². The Hall–Kier alpha value is -2.55. The van der Waals surface area contributed by atoms with Crippen molar-refractivity contribution in [2.45, 2.75) is 37.8 Å². The molecule has 174 valence electrons. The van der Waals surface area contributed by atoms with Gasteiger partial charge in [-0.3, -0.25) is 9.69 Å². The molecule has 0 spiro atoms. The van der Waals surface area contributed by atoms with E-state index in [1.807, 2.05) is 11.0 Å². The summed E-state index contributed by atoms with van der Waals surface area (Å²) < 4.78 is 38.3. The van der Waals surface area contributed by atoms with Crippen molar-refractivity contribution in [1.82, 2.24) is 19.8 Å². The number of carbonyl (C=O) groups excluding carboxylic acids is 1. The zero-order chi connectivity index (χ0) is 22.6. The number of rotatable bonds is 6. The van der Waals surface area contributed by atoms with E-state index in [2.05, 4.69) is 44.0 Å². The lowest BCUT2D eigenvalue weighted by molar-refractivity contribution is -0.141. The van der Waals surface area contributed by atoms with E-state index in [1.54, 1.807) is 0 Å². The Balaban J connectivity index is 1.14. The predicted molar refractivity (Wildman–Crippen MR) is 116 cm³/mol. The minimum Gasteiger partial charge on any atom is -0.369 e. The van der Waals surface area contributed by atoms with E-state index in [0.29, 0.717) is 38.2 Å². The van der Waals surface area contributed by atoms with Crippen LogP contribution in [0.25, 0.3) is 0 Å². The molecule has 0 unspecified atom stereocenters. The van der Waals surface area contributed by atoms with Gasteiger partial charge in [-0.2, -0.15) is 13.2 Å². The van der Waals surface area contributed by atoms with Crippen LogP contribution in [0.2, 0.25) is 0 Å². The number of carbonyl (C=O) groups is 1. The summed E-state index contributed by atoms with van der Waals surface area (Å²) in [6.07, 6.45) is -0.932. The second kappa shape index (κ2) is 9.94. The SMILES string of the molecule is O=C(CCCN1CCN(c2ccccc2)CC1)N1CCC(c2ncc(C(F)(F)F)[nH]2)CC1. The predicted octanol–water partition coefficient (Wildman–Crippen LogP) is 3.74. The molecule has 6 nitrogen and oxygen atoms in total. The zero-order valence-electron chi connectivity index (χ0n) is 18.2. The number of para-hydroxylation sites is 1. The summed E-state index contributed by atoms with van der Waals surface area (Å²) in [5, 5.41) is 0. The molecule has 9 heteroatoms. The van der Waals surface area contributed by atoms with Crippen molar-refractivity contribution in [3.8, 4) is 0 Å². The Morgan fingerprint density at radius 1 is 1.03 bits per heavy atom.